The number of hydrogen-bond acceptors (Lipinski definition) is 6. The Labute approximate surface area is 145 Å². The van der Waals surface area contributed by atoms with Gasteiger partial charge < -0.3 is 10.1 Å². The van der Waals surface area contributed by atoms with Crippen molar-refractivity contribution in [1.82, 2.24) is 20.6 Å². The number of carbonyl (C=O) groups is 1. The minimum Gasteiger partial charge on any atom is -0.472 e. The topological polar surface area (TPSA) is 90.1 Å². The molecule has 1 amide bonds. The van der Waals surface area contributed by atoms with Crippen molar-refractivity contribution in [2.24, 2.45) is 0 Å². The number of rotatable bonds is 5. The van der Waals surface area contributed by atoms with Gasteiger partial charge in [0.05, 0.1) is 17.6 Å². The SMILES string of the molecule is Cc1ccc2nc(C)c(C)c(C(=O)NCCOc3nonc3C)c2c1. The molecule has 7 nitrogen and oxygen atoms in total. The van der Waals surface area contributed by atoms with Gasteiger partial charge in [-0.15, -0.1) is 0 Å². The first-order chi connectivity index (χ1) is 12.0. The van der Waals surface area contributed by atoms with E-state index in [0.29, 0.717) is 23.7 Å². The molecule has 2 heterocycles. The fourth-order valence-electron chi connectivity index (χ4n) is 2.64. The number of carbonyl (C=O) groups excluding carboxylic acids is 1. The molecule has 0 aliphatic heterocycles. The highest BCUT2D eigenvalue weighted by molar-refractivity contribution is 6.07. The molecule has 7 heteroatoms. The molecule has 3 rings (SSSR count). The second kappa shape index (κ2) is 6.88. The zero-order chi connectivity index (χ0) is 18.0. The van der Waals surface area contributed by atoms with Gasteiger partial charge in [0.25, 0.3) is 11.8 Å². The van der Waals surface area contributed by atoms with E-state index in [9.17, 15) is 4.79 Å². The Bertz CT molecular complexity index is 933. The van der Waals surface area contributed by atoms with Crippen LogP contribution < -0.4 is 10.1 Å². The summed E-state index contributed by atoms with van der Waals surface area (Å²) >= 11 is 0. The van der Waals surface area contributed by atoms with Crippen molar-refractivity contribution in [3.63, 3.8) is 0 Å². The number of aryl methyl sites for hydroxylation is 3. The number of amides is 1. The highest BCUT2D eigenvalue weighted by atomic mass is 16.6. The van der Waals surface area contributed by atoms with Crippen molar-refractivity contribution in [3.05, 3.63) is 46.3 Å². The standard InChI is InChI=1S/C18H20N4O3/c1-10-5-6-15-14(9-10)16(11(2)12(3)20-15)17(23)19-7-8-24-18-13(4)21-25-22-18/h5-6,9H,7-8H2,1-4H3,(H,19,23). The Morgan fingerprint density at radius 1 is 1.16 bits per heavy atom. The number of nitrogens with zero attached hydrogens (tertiary/aromatic N) is 3. The molecule has 0 fully saturated rings. The van der Waals surface area contributed by atoms with Gasteiger partial charge in [-0.05, 0) is 50.5 Å². The van der Waals surface area contributed by atoms with Gasteiger partial charge in [0.2, 0.25) is 0 Å². The van der Waals surface area contributed by atoms with Crippen molar-refractivity contribution < 1.29 is 14.2 Å². The van der Waals surface area contributed by atoms with E-state index in [1.54, 1.807) is 6.92 Å². The van der Waals surface area contributed by atoms with Crippen molar-refractivity contribution in [2.75, 3.05) is 13.2 Å². The molecule has 0 saturated carbocycles. The molecule has 0 unspecified atom stereocenters. The van der Waals surface area contributed by atoms with Gasteiger partial charge in [0, 0.05) is 11.1 Å². The molecule has 0 spiro atoms. The summed E-state index contributed by atoms with van der Waals surface area (Å²) in [6, 6.07) is 5.93. The molecule has 1 N–H and O–H groups in total. The summed E-state index contributed by atoms with van der Waals surface area (Å²) in [5, 5.41) is 11.0. The van der Waals surface area contributed by atoms with E-state index < -0.39 is 0 Å². The quantitative estimate of drug-likeness (QED) is 0.718. The lowest BCUT2D eigenvalue weighted by atomic mass is 9.99. The lowest BCUT2D eigenvalue weighted by molar-refractivity contribution is 0.0947. The lowest BCUT2D eigenvalue weighted by Gasteiger charge is -2.13. The number of benzene rings is 1. The molecule has 1 aromatic carbocycles. The zero-order valence-corrected chi connectivity index (χ0v) is 14.7. The predicted molar refractivity (Wildman–Crippen MR) is 92.8 cm³/mol. The number of aromatic nitrogens is 3. The van der Waals surface area contributed by atoms with E-state index in [-0.39, 0.29) is 12.5 Å². The molecular formula is C18H20N4O3. The number of ether oxygens (including phenoxy) is 1. The van der Waals surface area contributed by atoms with Crippen LogP contribution >= 0.6 is 0 Å². The van der Waals surface area contributed by atoms with Crippen LogP contribution in [0.4, 0.5) is 0 Å². The molecule has 2 aromatic heterocycles. The number of nitrogens with one attached hydrogen (secondary N) is 1. The second-order valence-corrected chi connectivity index (χ2v) is 5.98. The van der Waals surface area contributed by atoms with Crippen LogP contribution in [0.15, 0.2) is 22.8 Å². The Morgan fingerprint density at radius 2 is 1.96 bits per heavy atom. The van der Waals surface area contributed by atoms with E-state index in [1.165, 1.54) is 0 Å². The minimum absolute atomic E-state index is 0.141. The maximum atomic E-state index is 12.7. The third-order valence-electron chi connectivity index (χ3n) is 4.09. The molecule has 25 heavy (non-hydrogen) atoms. The summed E-state index contributed by atoms with van der Waals surface area (Å²) in [7, 11) is 0. The van der Waals surface area contributed by atoms with E-state index in [0.717, 1.165) is 27.7 Å². The third kappa shape index (κ3) is 3.45. The maximum Gasteiger partial charge on any atom is 0.278 e. The smallest absolute Gasteiger partial charge is 0.278 e. The van der Waals surface area contributed by atoms with Gasteiger partial charge in [-0.25, -0.2) is 4.63 Å². The average Bonchev–Trinajstić information content (AvgIpc) is 2.98. The monoisotopic (exact) mass is 340 g/mol. The van der Waals surface area contributed by atoms with Gasteiger partial charge in [-0.1, -0.05) is 16.8 Å². The normalized spacial score (nSPS) is 10.9. The first-order valence-electron chi connectivity index (χ1n) is 8.05. The maximum absolute atomic E-state index is 12.7. The third-order valence-corrected chi connectivity index (χ3v) is 4.09. The molecule has 0 bridgehead atoms. The zero-order valence-electron chi connectivity index (χ0n) is 14.7. The Balaban J connectivity index is 1.76. The molecule has 130 valence electrons. The van der Waals surface area contributed by atoms with Crippen molar-refractivity contribution in [3.8, 4) is 5.88 Å². The van der Waals surface area contributed by atoms with Gasteiger partial charge in [0.1, 0.15) is 12.3 Å². The van der Waals surface area contributed by atoms with E-state index >= 15 is 0 Å². The van der Waals surface area contributed by atoms with E-state index in [2.05, 4.69) is 25.2 Å². The first-order valence-corrected chi connectivity index (χ1v) is 8.05. The first kappa shape index (κ1) is 16.9. The fraction of sp³-hybridized carbons (Fsp3) is 0.333. The lowest BCUT2D eigenvalue weighted by Crippen LogP contribution is -2.29. The Morgan fingerprint density at radius 3 is 2.68 bits per heavy atom. The molecule has 0 radical (unpaired) electrons. The van der Waals surface area contributed by atoms with Gasteiger partial charge in [-0.2, -0.15) is 0 Å². The Hall–Kier alpha value is -2.96. The van der Waals surface area contributed by atoms with Crippen LogP contribution in [-0.2, 0) is 0 Å². The number of hydrogen-bond donors (Lipinski definition) is 1. The highest BCUT2D eigenvalue weighted by Gasteiger charge is 2.16. The Kier molecular flexibility index (Phi) is 4.65. The average molecular weight is 340 g/mol. The highest BCUT2D eigenvalue weighted by Crippen LogP contribution is 2.24. The number of fused-ring (bicyclic) bond motifs is 1. The minimum atomic E-state index is -0.141. The van der Waals surface area contributed by atoms with Crippen LogP contribution in [0.25, 0.3) is 10.9 Å². The molecule has 0 aliphatic carbocycles. The summed E-state index contributed by atoms with van der Waals surface area (Å²) in [6.45, 7) is 8.19. The van der Waals surface area contributed by atoms with E-state index in [4.69, 9.17) is 4.74 Å². The van der Waals surface area contributed by atoms with Crippen LogP contribution in [0.3, 0.4) is 0 Å². The van der Waals surface area contributed by atoms with Gasteiger partial charge in [-0.3, -0.25) is 9.78 Å². The van der Waals surface area contributed by atoms with Crippen molar-refractivity contribution in [1.29, 1.82) is 0 Å². The largest absolute Gasteiger partial charge is 0.472 e. The predicted octanol–water partition coefficient (Wildman–Crippen LogP) is 2.66. The summed E-state index contributed by atoms with van der Waals surface area (Å²) in [6.07, 6.45) is 0. The molecule has 0 aliphatic rings. The molecule has 0 atom stereocenters. The summed E-state index contributed by atoms with van der Waals surface area (Å²) in [5.74, 6) is 0.198. The summed E-state index contributed by atoms with van der Waals surface area (Å²) in [5.41, 5.74) is 4.87. The van der Waals surface area contributed by atoms with Crippen LogP contribution in [0.2, 0.25) is 0 Å². The van der Waals surface area contributed by atoms with Gasteiger partial charge in [0.15, 0.2) is 0 Å². The van der Waals surface area contributed by atoms with E-state index in [1.807, 2.05) is 39.0 Å². The molecule has 0 saturated heterocycles. The van der Waals surface area contributed by atoms with Crippen LogP contribution in [0, 0.1) is 27.7 Å². The number of pyridine rings is 1. The van der Waals surface area contributed by atoms with Gasteiger partial charge >= 0.3 is 0 Å². The van der Waals surface area contributed by atoms with Crippen LogP contribution in [-0.4, -0.2) is 34.4 Å². The van der Waals surface area contributed by atoms with Crippen molar-refractivity contribution >= 4 is 16.8 Å². The summed E-state index contributed by atoms with van der Waals surface area (Å²) < 4.78 is 9.99. The van der Waals surface area contributed by atoms with Crippen LogP contribution in [0.5, 0.6) is 5.88 Å². The molecule has 3 aromatic rings. The fourth-order valence-corrected chi connectivity index (χ4v) is 2.64. The molecular weight excluding hydrogens is 320 g/mol. The summed E-state index contributed by atoms with van der Waals surface area (Å²) in [4.78, 5) is 17.3. The second-order valence-electron chi connectivity index (χ2n) is 5.98. The van der Waals surface area contributed by atoms with Crippen molar-refractivity contribution in [2.45, 2.75) is 27.7 Å². The van der Waals surface area contributed by atoms with Crippen LogP contribution in [0.1, 0.15) is 32.9 Å².